The number of thiazole rings is 1. The van der Waals surface area contributed by atoms with Crippen LogP contribution in [0.3, 0.4) is 0 Å². The molecule has 0 amide bonds. The number of cyclic esters (lactones) is 1. The molecule has 0 spiro atoms. The Kier molecular flexibility index (Phi) is 12.8. The van der Waals surface area contributed by atoms with Crippen molar-refractivity contribution in [3.05, 3.63) is 69.8 Å². The van der Waals surface area contributed by atoms with Crippen LogP contribution in [0.25, 0.3) is 6.08 Å². The lowest BCUT2D eigenvalue weighted by atomic mass is 9.87. The third kappa shape index (κ3) is 9.41. The lowest BCUT2D eigenvalue weighted by Gasteiger charge is -2.33. The van der Waals surface area contributed by atoms with E-state index >= 15 is 0 Å². The van der Waals surface area contributed by atoms with E-state index in [0.29, 0.717) is 16.3 Å². The summed E-state index contributed by atoms with van der Waals surface area (Å²) in [5, 5.41) is 55.8. The zero-order valence-corrected chi connectivity index (χ0v) is 23.5. The number of fused-ring (bicyclic) bond motifs is 2. The van der Waals surface area contributed by atoms with Crippen LogP contribution in [0.1, 0.15) is 64.1 Å². The van der Waals surface area contributed by atoms with E-state index < -0.39 is 48.5 Å². The van der Waals surface area contributed by atoms with Crippen molar-refractivity contribution < 1.29 is 35.1 Å². The van der Waals surface area contributed by atoms with Gasteiger partial charge in [0.05, 0.1) is 35.1 Å². The smallest absolute Gasteiger partial charge is 0.331 e. The van der Waals surface area contributed by atoms with Gasteiger partial charge in [0, 0.05) is 29.7 Å². The third-order valence-corrected chi connectivity index (χ3v) is 7.78. The summed E-state index contributed by atoms with van der Waals surface area (Å²) in [4.78, 5) is 17.2. The number of ether oxygens (including phenoxy) is 1. The molecule has 8 atom stereocenters. The number of nitrogens with zero attached hydrogens (tertiary/aromatic N) is 1. The second-order valence-electron chi connectivity index (χ2n) is 9.84. The first-order valence-corrected chi connectivity index (χ1v) is 13.7. The van der Waals surface area contributed by atoms with Gasteiger partial charge in [0.25, 0.3) is 0 Å². The highest BCUT2D eigenvalue weighted by Gasteiger charge is 2.37. The van der Waals surface area contributed by atoms with Gasteiger partial charge in [0.15, 0.2) is 0 Å². The molecule has 5 N–H and O–H groups in total. The average Bonchev–Trinajstić information content (AvgIpc) is 3.36. The molecule has 1 aliphatic heterocycles. The average molecular weight is 548 g/mol. The molecule has 2 rings (SSSR count). The second kappa shape index (κ2) is 15.3. The van der Waals surface area contributed by atoms with E-state index in [1.165, 1.54) is 29.6 Å². The van der Waals surface area contributed by atoms with Gasteiger partial charge in [0.2, 0.25) is 0 Å². The fourth-order valence-electron chi connectivity index (χ4n) is 4.07. The number of hydrogen-bond acceptors (Lipinski definition) is 9. The largest absolute Gasteiger partial charge is 0.456 e. The summed E-state index contributed by atoms with van der Waals surface area (Å²) >= 11 is 1.33. The quantitative estimate of drug-likeness (QED) is 0.285. The fraction of sp³-hybridized carbons (Fsp3) is 0.517. The summed E-state index contributed by atoms with van der Waals surface area (Å²) in [5.74, 6) is -1.82. The molecular formula is C29H41NO7S. The maximum atomic E-state index is 12.8. The Morgan fingerprint density at radius 3 is 2.55 bits per heavy atom. The Morgan fingerprint density at radius 2 is 1.87 bits per heavy atom. The van der Waals surface area contributed by atoms with Crippen LogP contribution < -0.4 is 0 Å². The van der Waals surface area contributed by atoms with Crippen molar-refractivity contribution in [3.8, 4) is 0 Å². The Bertz CT molecular complexity index is 1060. The number of aromatic nitrogens is 1. The van der Waals surface area contributed by atoms with Gasteiger partial charge in [-0.15, -0.1) is 11.3 Å². The first-order chi connectivity index (χ1) is 17.9. The lowest BCUT2D eigenvalue weighted by Crippen LogP contribution is -2.47. The predicted octanol–water partition coefficient (Wildman–Crippen LogP) is 3.43. The third-order valence-electron chi connectivity index (χ3n) is 6.71. The molecule has 2 bridgehead atoms. The molecule has 38 heavy (non-hydrogen) atoms. The molecule has 210 valence electrons. The highest BCUT2D eigenvalue weighted by molar-refractivity contribution is 7.09. The van der Waals surface area contributed by atoms with Crippen LogP contribution in [0.2, 0.25) is 0 Å². The number of aliphatic hydroxyl groups excluding tert-OH is 5. The standard InChI is InChI=1S/C29H41NO7S/c1-6-17(2)14-18(3)26(35)20(5)28-27(36)23(32)11-9-7-8-10-22(31)15-24(33)19(4)29-30-21(16-38-29)12-13-25(34)37-28/h6-10,12-14,16,19-20,22-24,26-28,31-33,35-36H,11,15H2,1-5H3/b9-7-,10-8+,13-12+,17-6+,18-14+/t19-,20?,22-,23+,24?,26?,27-,28-/m0/s1. The van der Waals surface area contributed by atoms with E-state index in [1.807, 2.05) is 32.9 Å². The van der Waals surface area contributed by atoms with Gasteiger partial charge >= 0.3 is 5.97 Å². The normalized spacial score (nSPS) is 32.7. The Morgan fingerprint density at radius 1 is 1.16 bits per heavy atom. The first kappa shape index (κ1) is 31.8. The Balaban J connectivity index is 2.38. The van der Waals surface area contributed by atoms with Crippen molar-refractivity contribution in [2.75, 3.05) is 0 Å². The van der Waals surface area contributed by atoms with Crippen LogP contribution in [-0.4, -0.2) is 73.1 Å². The molecule has 0 saturated heterocycles. The summed E-state index contributed by atoms with van der Waals surface area (Å²) in [6, 6.07) is 0. The number of rotatable bonds is 4. The number of aliphatic hydroxyl groups is 5. The maximum absolute atomic E-state index is 12.8. The molecule has 0 aromatic carbocycles. The first-order valence-electron chi connectivity index (χ1n) is 12.8. The Hall–Kier alpha value is -2.40. The van der Waals surface area contributed by atoms with E-state index in [9.17, 15) is 30.3 Å². The van der Waals surface area contributed by atoms with Crippen molar-refractivity contribution in [1.29, 1.82) is 0 Å². The van der Waals surface area contributed by atoms with Crippen LogP contribution in [0.4, 0.5) is 0 Å². The molecule has 1 aliphatic rings. The van der Waals surface area contributed by atoms with E-state index in [-0.39, 0.29) is 18.8 Å². The minimum Gasteiger partial charge on any atom is -0.456 e. The van der Waals surface area contributed by atoms with E-state index in [2.05, 4.69) is 4.98 Å². The van der Waals surface area contributed by atoms with Gasteiger partial charge in [-0.25, -0.2) is 9.78 Å². The topological polar surface area (TPSA) is 140 Å². The summed E-state index contributed by atoms with van der Waals surface area (Å²) in [6.07, 6.45) is 6.17. The van der Waals surface area contributed by atoms with Gasteiger partial charge in [-0.2, -0.15) is 0 Å². The zero-order chi connectivity index (χ0) is 28.4. The molecule has 1 aromatic rings. The summed E-state index contributed by atoms with van der Waals surface area (Å²) < 4.78 is 5.59. The Labute approximate surface area is 229 Å². The van der Waals surface area contributed by atoms with Crippen LogP contribution >= 0.6 is 11.3 Å². The van der Waals surface area contributed by atoms with Crippen LogP contribution in [0.5, 0.6) is 0 Å². The molecular weight excluding hydrogens is 506 g/mol. The van der Waals surface area contributed by atoms with Crippen molar-refractivity contribution in [1.82, 2.24) is 4.98 Å². The fourth-order valence-corrected chi connectivity index (χ4v) is 4.97. The number of carbonyl (C=O) groups is 1. The van der Waals surface area contributed by atoms with Crippen molar-refractivity contribution in [3.63, 3.8) is 0 Å². The highest BCUT2D eigenvalue weighted by Crippen LogP contribution is 2.27. The van der Waals surface area contributed by atoms with Crippen molar-refractivity contribution in [2.24, 2.45) is 5.92 Å². The molecule has 8 nitrogen and oxygen atoms in total. The number of esters is 1. The monoisotopic (exact) mass is 547 g/mol. The summed E-state index contributed by atoms with van der Waals surface area (Å²) in [6.45, 7) is 9.00. The van der Waals surface area contributed by atoms with Gasteiger partial charge in [-0.05, 0) is 38.8 Å². The van der Waals surface area contributed by atoms with Crippen molar-refractivity contribution in [2.45, 2.75) is 90.0 Å². The molecule has 9 heteroatoms. The highest BCUT2D eigenvalue weighted by atomic mass is 32.1. The number of allylic oxidation sites excluding steroid dienone is 5. The van der Waals surface area contributed by atoms with E-state index in [1.54, 1.807) is 37.5 Å². The lowest BCUT2D eigenvalue weighted by molar-refractivity contribution is -0.162. The van der Waals surface area contributed by atoms with Crippen LogP contribution in [0, 0.1) is 5.92 Å². The molecule has 1 aromatic heterocycles. The van der Waals surface area contributed by atoms with E-state index in [4.69, 9.17) is 4.74 Å². The number of hydrogen-bond donors (Lipinski definition) is 5. The minimum absolute atomic E-state index is 0.0434. The summed E-state index contributed by atoms with van der Waals surface area (Å²) in [5.41, 5.74) is 2.07. The molecule has 3 unspecified atom stereocenters. The van der Waals surface area contributed by atoms with Crippen LogP contribution in [0.15, 0.2) is 59.1 Å². The van der Waals surface area contributed by atoms with Gasteiger partial charge in [-0.3, -0.25) is 0 Å². The maximum Gasteiger partial charge on any atom is 0.331 e. The predicted molar refractivity (Wildman–Crippen MR) is 149 cm³/mol. The second-order valence-corrected chi connectivity index (χ2v) is 10.7. The van der Waals surface area contributed by atoms with Gasteiger partial charge in [0.1, 0.15) is 12.2 Å². The minimum atomic E-state index is -1.48. The number of carbonyl (C=O) groups excluding carboxylic acids is 1. The molecule has 0 aliphatic carbocycles. The van der Waals surface area contributed by atoms with Crippen molar-refractivity contribution >= 4 is 23.4 Å². The molecule has 2 heterocycles. The van der Waals surface area contributed by atoms with Crippen LogP contribution in [-0.2, 0) is 9.53 Å². The molecule has 0 saturated carbocycles. The molecule has 0 radical (unpaired) electrons. The SMILES string of the molecule is C/C=C(C)/C=C(\C)C(O)C(C)[C@@H]1OC(=O)/C=C/c2csc(n2)[C@@H](C)C(O)C[C@@H](O)/C=C/C=C\C[C@@H](O)[C@@H]1O. The van der Waals surface area contributed by atoms with E-state index in [0.717, 1.165) is 5.57 Å². The summed E-state index contributed by atoms with van der Waals surface area (Å²) in [7, 11) is 0. The van der Waals surface area contributed by atoms with Gasteiger partial charge < -0.3 is 30.3 Å². The van der Waals surface area contributed by atoms with Gasteiger partial charge in [-0.1, -0.05) is 55.9 Å². The molecule has 0 fully saturated rings. The zero-order valence-electron chi connectivity index (χ0n) is 22.6.